The van der Waals surface area contributed by atoms with Crippen LogP contribution in [0.15, 0.2) is 53.4 Å². The Balaban J connectivity index is 1.72. The van der Waals surface area contributed by atoms with Crippen LogP contribution in [0.3, 0.4) is 0 Å². The summed E-state index contributed by atoms with van der Waals surface area (Å²) in [7, 11) is -3.44. The molecule has 0 atom stereocenters. The number of anilines is 1. The first-order valence-electron chi connectivity index (χ1n) is 7.54. The fourth-order valence-corrected chi connectivity index (χ4v) is 4.32. The molecule has 0 bridgehead atoms. The van der Waals surface area contributed by atoms with Crippen LogP contribution in [-0.4, -0.2) is 38.9 Å². The van der Waals surface area contributed by atoms with Crippen LogP contribution in [0.2, 0.25) is 5.02 Å². The maximum absolute atomic E-state index is 12.7. The van der Waals surface area contributed by atoms with Crippen LogP contribution in [-0.2, 0) is 10.0 Å². The highest BCUT2D eigenvalue weighted by Crippen LogP contribution is 2.22. The van der Waals surface area contributed by atoms with Crippen molar-refractivity contribution in [3.8, 4) is 0 Å². The molecule has 1 aliphatic rings. The zero-order chi connectivity index (χ0) is 16.4. The summed E-state index contributed by atoms with van der Waals surface area (Å²) in [6.07, 6.45) is 0. The van der Waals surface area contributed by atoms with E-state index in [4.69, 9.17) is 11.6 Å². The molecule has 1 fully saturated rings. The highest BCUT2D eigenvalue weighted by molar-refractivity contribution is 7.89. The molecule has 0 N–H and O–H groups in total. The van der Waals surface area contributed by atoms with E-state index in [-0.39, 0.29) is 0 Å². The SMILES string of the molecule is Cc1cccc(N2CCN(S(=O)(=O)c3ccc(Cl)cc3)CC2)c1. The highest BCUT2D eigenvalue weighted by Gasteiger charge is 2.28. The molecule has 0 unspecified atom stereocenters. The largest absolute Gasteiger partial charge is 0.369 e. The number of hydrogen-bond acceptors (Lipinski definition) is 3. The predicted octanol–water partition coefficient (Wildman–Crippen LogP) is 3.16. The third kappa shape index (κ3) is 3.52. The Hall–Kier alpha value is -1.56. The van der Waals surface area contributed by atoms with Crippen LogP contribution in [0.5, 0.6) is 0 Å². The average molecular weight is 351 g/mol. The fraction of sp³-hybridized carbons (Fsp3) is 0.294. The minimum absolute atomic E-state index is 0.297. The number of rotatable bonds is 3. The molecule has 4 nitrogen and oxygen atoms in total. The van der Waals surface area contributed by atoms with Crippen molar-refractivity contribution in [1.82, 2.24) is 4.31 Å². The van der Waals surface area contributed by atoms with Crippen LogP contribution in [0, 0.1) is 6.92 Å². The van der Waals surface area contributed by atoms with Gasteiger partial charge in [0.25, 0.3) is 0 Å². The number of halogens is 1. The van der Waals surface area contributed by atoms with Gasteiger partial charge in [0.05, 0.1) is 4.90 Å². The van der Waals surface area contributed by atoms with Crippen molar-refractivity contribution in [3.05, 3.63) is 59.1 Å². The van der Waals surface area contributed by atoms with Gasteiger partial charge in [-0.15, -0.1) is 0 Å². The molecule has 0 aromatic heterocycles. The first kappa shape index (κ1) is 16.3. The summed E-state index contributed by atoms with van der Waals surface area (Å²) in [4.78, 5) is 2.52. The lowest BCUT2D eigenvalue weighted by Crippen LogP contribution is -2.48. The second-order valence-electron chi connectivity index (χ2n) is 5.68. The van der Waals surface area contributed by atoms with Crippen LogP contribution in [0.4, 0.5) is 5.69 Å². The minimum Gasteiger partial charge on any atom is -0.369 e. The first-order chi connectivity index (χ1) is 11.0. The Morgan fingerprint density at radius 3 is 2.22 bits per heavy atom. The Morgan fingerprint density at radius 2 is 1.61 bits per heavy atom. The molecule has 0 radical (unpaired) electrons. The number of nitrogens with zero attached hydrogens (tertiary/aromatic N) is 2. The Morgan fingerprint density at radius 1 is 0.957 bits per heavy atom. The molecule has 23 heavy (non-hydrogen) atoms. The Kier molecular flexibility index (Phi) is 4.62. The van der Waals surface area contributed by atoms with Gasteiger partial charge in [-0.05, 0) is 48.9 Å². The third-order valence-electron chi connectivity index (χ3n) is 4.06. The predicted molar refractivity (Wildman–Crippen MR) is 93.6 cm³/mol. The van der Waals surface area contributed by atoms with Crippen LogP contribution in [0.25, 0.3) is 0 Å². The number of hydrogen-bond donors (Lipinski definition) is 0. The van der Waals surface area contributed by atoms with Gasteiger partial charge >= 0.3 is 0 Å². The molecule has 2 aromatic rings. The maximum atomic E-state index is 12.7. The summed E-state index contributed by atoms with van der Waals surface area (Å²) in [5.41, 5.74) is 2.35. The van der Waals surface area contributed by atoms with E-state index in [1.807, 2.05) is 6.07 Å². The maximum Gasteiger partial charge on any atom is 0.243 e. The zero-order valence-electron chi connectivity index (χ0n) is 12.9. The third-order valence-corrected chi connectivity index (χ3v) is 6.22. The van der Waals surface area contributed by atoms with E-state index < -0.39 is 10.0 Å². The van der Waals surface area contributed by atoms with Crippen molar-refractivity contribution in [2.45, 2.75) is 11.8 Å². The molecular formula is C17H19ClN2O2S. The molecule has 1 heterocycles. The molecule has 0 amide bonds. The normalized spacial score (nSPS) is 16.5. The number of sulfonamides is 1. The Bertz CT molecular complexity index is 782. The van der Waals surface area contributed by atoms with E-state index in [1.165, 1.54) is 5.56 Å². The molecule has 0 spiro atoms. The van der Waals surface area contributed by atoms with E-state index in [1.54, 1.807) is 28.6 Å². The van der Waals surface area contributed by atoms with Crippen LogP contribution >= 0.6 is 11.6 Å². The smallest absolute Gasteiger partial charge is 0.243 e. The Labute approximate surface area is 142 Å². The fourth-order valence-electron chi connectivity index (χ4n) is 2.77. The minimum atomic E-state index is -3.44. The second-order valence-corrected chi connectivity index (χ2v) is 8.06. The molecule has 0 saturated carbocycles. The number of aryl methyl sites for hydroxylation is 1. The van der Waals surface area contributed by atoms with Crippen LogP contribution in [0.1, 0.15) is 5.56 Å². The topological polar surface area (TPSA) is 40.6 Å². The van der Waals surface area contributed by atoms with Gasteiger partial charge in [0.15, 0.2) is 0 Å². The summed E-state index contributed by atoms with van der Waals surface area (Å²) in [6.45, 7) is 4.41. The second kappa shape index (κ2) is 6.51. The van der Waals surface area contributed by atoms with E-state index in [2.05, 4.69) is 30.0 Å². The van der Waals surface area contributed by atoms with E-state index in [0.717, 1.165) is 5.69 Å². The van der Waals surface area contributed by atoms with Crippen molar-refractivity contribution in [3.63, 3.8) is 0 Å². The van der Waals surface area contributed by atoms with Gasteiger partial charge in [-0.2, -0.15) is 4.31 Å². The molecule has 1 saturated heterocycles. The summed E-state index contributed by atoms with van der Waals surface area (Å²) >= 11 is 5.83. The van der Waals surface area contributed by atoms with Crippen molar-refractivity contribution in [1.29, 1.82) is 0 Å². The molecule has 2 aromatic carbocycles. The van der Waals surface area contributed by atoms with Crippen molar-refractivity contribution in [2.75, 3.05) is 31.1 Å². The van der Waals surface area contributed by atoms with Gasteiger partial charge < -0.3 is 4.90 Å². The molecule has 6 heteroatoms. The van der Waals surface area contributed by atoms with Crippen molar-refractivity contribution < 1.29 is 8.42 Å². The summed E-state index contributed by atoms with van der Waals surface area (Å²) < 4.78 is 26.9. The van der Waals surface area contributed by atoms with E-state index in [9.17, 15) is 8.42 Å². The zero-order valence-corrected chi connectivity index (χ0v) is 14.5. The van der Waals surface area contributed by atoms with E-state index >= 15 is 0 Å². The first-order valence-corrected chi connectivity index (χ1v) is 9.36. The van der Waals surface area contributed by atoms with Gasteiger partial charge in [-0.3, -0.25) is 0 Å². The molecule has 3 rings (SSSR count). The van der Waals surface area contributed by atoms with Crippen molar-refractivity contribution in [2.24, 2.45) is 0 Å². The summed E-state index contributed by atoms with van der Waals surface area (Å²) in [6, 6.07) is 14.6. The van der Waals surface area contributed by atoms with Crippen LogP contribution < -0.4 is 4.90 Å². The lowest BCUT2D eigenvalue weighted by atomic mass is 10.2. The van der Waals surface area contributed by atoms with Gasteiger partial charge in [0, 0.05) is 36.9 Å². The van der Waals surface area contributed by atoms with Gasteiger partial charge in [0.1, 0.15) is 0 Å². The van der Waals surface area contributed by atoms with Gasteiger partial charge in [0.2, 0.25) is 10.0 Å². The van der Waals surface area contributed by atoms with Gasteiger partial charge in [-0.25, -0.2) is 8.42 Å². The number of piperazine rings is 1. The van der Waals surface area contributed by atoms with Gasteiger partial charge in [-0.1, -0.05) is 23.7 Å². The van der Waals surface area contributed by atoms with E-state index in [0.29, 0.717) is 36.1 Å². The number of benzene rings is 2. The molecule has 0 aliphatic carbocycles. The summed E-state index contributed by atoms with van der Waals surface area (Å²) in [5, 5.41) is 0.535. The molecule has 122 valence electrons. The molecular weight excluding hydrogens is 332 g/mol. The highest BCUT2D eigenvalue weighted by atomic mass is 35.5. The lowest BCUT2D eigenvalue weighted by molar-refractivity contribution is 0.385. The quantitative estimate of drug-likeness (QED) is 0.853. The summed E-state index contributed by atoms with van der Waals surface area (Å²) in [5.74, 6) is 0. The monoisotopic (exact) mass is 350 g/mol. The lowest BCUT2D eigenvalue weighted by Gasteiger charge is -2.35. The average Bonchev–Trinajstić information content (AvgIpc) is 2.55. The standard InChI is InChI=1S/C17H19ClN2O2S/c1-14-3-2-4-16(13-14)19-9-11-20(12-10-19)23(21,22)17-7-5-15(18)6-8-17/h2-8,13H,9-12H2,1H3. The molecule has 1 aliphatic heterocycles. The van der Waals surface area contributed by atoms with Crippen molar-refractivity contribution >= 4 is 27.3 Å².